The van der Waals surface area contributed by atoms with Crippen molar-refractivity contribution in [3.05, 3.63) is 53.4 Å². The zero-order chi connectivity index (χ0) is 16.1. The topological polar surface area (TPSA) is 85.8 Å². The largest absolute Gasteiger partial charge is 0.351 e. The second kappa shape index (κ2) is 7.30. The number of hydrogen-bond donors (Lipinski definition) is 2. The maximum atomic E-state index is 11.9. The van der Waals surface area contributed by atoms with Crippen LogP contribution in [0.3, 0.4) is 0 Å². The summed E-state index contributed by atoms with van der Waals surface area (Å²) >= 11 is 2.81. The quantitative estimate of drug-likeness (QED) is 0.528. The molecule has 8 heteroatoms. The molecule has 0 atom stereocenters. The van der Waals surface area contributed by atoms with Crippen molar-refractivity contribution < 1.29 is 4.79 Å². The predicted molar refractivity (Wildman–Crippen MR) is 92.5 cm³/mol. The highest BCUT2D eigenvalue weighted by molar-refractivity contribution is 7.99. The van der Waals surface area contributed by atoms with E-state index in [0.29, 0.717) is 17.5 Å². The maximum absolute atomic E-state index is 11.9. The molecule has 2 aromatic heterocycles. The lowest BCUT2D eigenvalue weighted by Gasteiger charge is -2.05. The number of benzene rings is 1. The van der Waals surface area contributed by atoms with E-state index in [0.717, 1.165) is 10.4 Å². The molecule has 3 rings (SSSR count). The Bertz CT molecular complexity index is 771. The van der Waals surface area contributed by atoms with Gasteiger partial charge in [0.2, 0.25) is 11.1 Å². The lowest BCUT2D eigenvalue weighted by atomic mass is 10.2. The van der Waals surface area contributed by atoms with Crippen molar-refractivity contribution in [3.8, 4) is 10.7 Å². The third kappa shape index (κ3) is 3.91. The van der Waals surface area contributed by atoms with Crippen molar-refractivity contribution in [2.45, 2.75) is 11.7 Å². The van der Waals surface area contributed by atoms with Gasteiger partial charge in [-0.15, -0.1) is 21.5 Å². The van der Waals surface area contributed by atoms with Gasteiger partial charge in [-0.3, -0.25) is 4.79 Å². The number of thioether (sulfide) groups is 1. The third-order valence-electron chi connectivity index (χ3n) is 3.07. The van der Waals surface area contributed by atoms with Gasteiger partial charge in [0, 0.05) is 6.54 Å². The van der Waals surface area contributed by atoms with Crippen molar-refractivity contribution >= 4 is 29.0 Å². The molecule has 6 nitrogen and oxygen atoms in total. The summed E-state index contributed by atoms with van der Waals surface area (Å²) < 4.78 is 1.42. The first-order chi connectivity index (χ1) is 11.2. The Morgan fingerprint density at radius 1 is 1.22 bits per heavy atom. The molecule has 0 spiro atoms. The smallest absolute Gasteiger partial charge is 0.230 e. The summed E-state index contributed by atoms with van der Waals surface area (Å²) in [4.78, 5) is 12.9. The molecule has 0 saturated heterocycles. The van der Waals surface area contributed by atoms with Crippen LogP contribution in [0.1, 0.15) is 5.56 Å². The molecule has 3 aromatic rings. The van der Waals surface area contributed by atoms with Gasteiger partial charge in [0.15, 0.2) is 5.82 Å². The van der Waals surface area contributed by atoms with Crippen molar-refractivity contribution in [3.63, 3.8) is 0 Å². The summed E-state index contributed by atoms with van der Waals surface area (Å²) in [7, 11) is 0. The fourth-order valence-electron chi connectivity index (χ4n) is 1.93. The van der Waals surface area contributed by atoms with Crippen molar-refractivity contribution in [1.29, 1.82) is 0 Å². The average molecular weight is 345 g/mol. The van der Waals surface area contributed by atoms with Crippen LogP contribution in [0.2, 0.25) is 0 Å². The summed E-state index contributed by atoms with van der Waals surface area (Å²) in [5, 5.41) is 13.5. The minimum atomic E-state index is -0.0699. The molecule has 1 aromatic carbocycles. The SMILES string of the molecule is Nn1c(SCC(=O)NCc2ccccc2)nnc1-c1cccs1. The number of nitrogens with zero attached hydrogens (tertiary/aromatic N) is 3. The van der Waals surface area contributed by atoms with E-state index < -0.39 is 0 Å². The Hall–Kier alpha value is -2.32. The number of aromatic nitrogens is 3. The van der Waals surface area contributed by atoms with E-state index in [2.05, 4.69) is 15.5 Å². The zero-order valence-electron chi connectivity index (χ0n) is 12.2. The summed E-state index contributed by atoms with van der Waals surface area (Å²) in [5.74, 6) is 6.77. The first-order valence-electron chi connectivity index (χ1n) is 6.92. The summed E-state index contributed by atoms with van der Waals surface area (Å²) in [6.07, 6.45) is 0. The molecule has 0 bridgehead atoms. The molecule has 0 unspecified atom stereocenters. The van der Waals surface area contributed by atoms with E-state index in [-0.39, 0.29) is 11.7 Å². The predicted octanol–water partition coefficient (Wildman–Crippen LogP) is 2.13. The summed E-state index contributed by atoms with van der Waals surface area (Å²) in [5.41, 5.74) is 1.06. The van der Waals surface area contributed by atoms with Crippen LogP contribution in [-0.2, 0) is 11.3 Å². The Morgan fingerprint density at radius 2 is 2.04 bits per heavy atom. The number of carbonyl (C=O) groups is 1. The van der Waals surface area contributed by atoms with Gasteiger partial charge in [-0.1, -0.05) is 48.2 Å². The average Bonchev–Trinajstić information content (AvgIpc) is 3.22. The van der Waals surface area contributed by atoms with Gasteiger partial charge in [-0.25, -0.2) is 4.68 Å². The Labute approximate surface area is 141 Å². The van der Waals surface area contributed by atoms with Gasteiger partial charge in [-0.2, -0.15) is 0 Å². The van der Waals surface area contributed by atoms with Crippen LogP contribution < -0.4 is 11.2 Å². The van der Waals surface area contributed by atoms with E-state index in [9.17, 15) is 4.79 Å². The van der Waals surface area contributed by atoms with Crippen LogP contribution in [0, 0.1) is 0 Å². The molecule has 0 fully saturated rings. The molecular weight excluding hydrogens is 330 g/mol. The maximum Gasteiger partial charge on any atom is 0.230 e. The number of hydrogen-bond acceptors (Lipinski definition) is 6. The molecule has 2 heterocycles. The number of rotatable bonds is 6. The van der Waals surface area contributed by atoms with E-state index >= 15 is 0 Å². The number of nitrogen functional groups attached to an aromatic ring is 1. The molecule has 0 aliphatic carbocycles. The summed E-state index contributed by atoms with van der Waals surface area (Å²) in [6.45, 7) is 0.510. The zero-order valence-corrected chi connectivity index (χ0v) is 13.8. The van der Waals surface area contributed by atoms with Gasteiger partial charge in [0.05, 0.1) is 10.6 Å². The Balaban J connectivity index is 1.53. The van der Waals surface area contributed by atoms with Crippen LogP contribution in [0.4, 0.5) is 0 Å². The van der Waals surface area contributed by atoms with Crippen molar-refractivity contribution in [2.75, 3.05) is 11.6 Å². The fraction of sp³-hybridized carbons (Fsp3) is 0.133. The minimum absolute atomic E-state index is 0.0699. The van der Waals surface area contributed by atoms with Crippen LogP contribution in [0.25, 0.3) is 10.7 Å². The number of carbonyl (C=O) groups excluding carboxylic acids is 1. The highest BCUT2D eigenvalue weighted by Crippen LogP contribution is 2.24. The van der Waals surface area contributed by atoms with Gasteiger partial charge >= 0.3 is 0 Å². The van der Waals surface area contributed by atoms with Crippen LogP contribution in [0.5, 0.6) is 0 Å². The molecule has 0 aliphatic rings. The molecule has 1 amide bonds. The standard InChI is InChI=1S/C15H15N5OS2/c16-20-14(12-7-4-8-22-12)18-19-15(20)23-10-13(21)17-9-11-5-2-1-3-6-11/h1-8H,9-10,16H2,(H,17,21). The summed E-state index contributed by atoms with van der Waals surface area (Å²) in [6, 6.07) is 13.6. The van der Waals surface area contributed by atoms with Crippen molar-refractivity contribution in [2.24, 2.45) is 0 Å². The first kappa shape index (κ1) is 15.6. The van der Waals surface area contributed by atoms with Crippen LogP contribution >= 0.6 is 23.1 Å². The molecule has 0 radical (unpaired) electrons. The number of nitrogens with one attached hydrogen (secondary N) is 1. The Morgan fingerprint density at radius 3 is 2.78 bits per heavy atom. The van der Waals surface area contributed by atoms with E-state index in [1.54, 1.807) is 11.3 Å². The number of amides is 1. The van der Waals surface area contributed by atoms with E-state index in [1.165, 1.54) is 16.4 Å². The highest BCUT2D eigenvalue weighted by atomic mass is 32.2. The molecule has 118 valence electrons. The van der Waals surface area contributed by atoms with Gasteiger partial charge in [-0.05, 0) is 17.0 Å². The lowest BCUT2D eigenvalue weighted by Crippen LogP contribution is -2.25. The Kier molecular flexibility index (Phi) is 4.94. The van der Waals surface area contributed by atoms with Crippen molar-refractivity contribution in [1.82, 2.24) is 20.2 Å². The molecule has 0 saturated carbocycles. The first-order valence-corrected chi connectivity index (χ1v) is 8.78. The monoisotopic (exact) mass is 345 g/mol. The third-order valence-corrected chi connectivity index (χ3v) is 4.88. The van der Waals surface area contributed by atoms with Crippen LogP contribution in [0.15, 0.2) is 53.0 Å². The highest BCUT2D eigenvalue weighted by Gasteiger charge is 2.14. The van der Waals surface area contributed by atoms with Crippen LogP contribution in [-0.4, -0.2) is 26.5 Å². The molecular formula is C15H15N5OS2. The number of nitrogens with two attached hydrogens (primary N) is 1. The van der Waals surface area contributed by atoms with E-state index in [1.807, 2.05) is 47.8 Å². The molecule has 0 aliphatic heterocycles. The fourth-order valence-corrected chi connectivity index (χ4v) is 3.32. The van der Waals surface area contributed by atoms with E-state index in [4.69, 9.17) is 5.84 Å². The minimum Gasteiger partial charge on any atom is -0.351 e. The van der Waals surface area contributed by atoms with Gasteiger partial charge < -0.3 is 11.2 Å². The van der Waals surface area contributed by atoms with Gasteiger partial charge in [0.1, 0.15) is 0 Å². The normalized spacial score (nSPS) is 10.6. The number of thiophene rings is 1. The molecule has 3 N–H and O–H groups in total. The molecule has 23 heavy (non-hydrogen) atoms. The second-order valence-electron chi connectivity index (χ2n) is 4.70. The lowest BCUT2D eigenvalue weighted by molar-refractivity contribution is -0.118. The second-order valence-corrected chi connectivity index (χ2v) is 6.59. The van der Waals surface area contributed by atoms with Gasteiger partial charge in [0.25, 0.3) is 0 Å².